The van der Waals surface area contributed by atoms with Crippen LogP contribution in [0.1, 0.15) is 39.0 Å². The van der Waals surface area contributed by atoms with Gasteiger partial charge in [-0.3, -0.25) is 4.79 Å². The summed E-state index contributed by atoms with van der Waals surface area (Å²) in [7, 11) is 0. The summed E-state index contributed by atoms with van der Waals surface area (Å²) in [4.78, 5) is 11.4. The van der Waals surface area contributed by atoms with Gasteiger partial charge >= 0.3 is 23.9 Å². The number of ether oxygens (including phenoxy) is 4. The van der Waals surface area contributed by atoms with E-state index in [0.717, 1.165) is 0 Å². The monoisotopic (exact) mass is 412 g/mol. The van der Waals surface area contributed by atoms with E-state index in [1.54, 1.807) is 0 Å². The summed E-state index contributed by atoms with van der Waals surface area (Å²) in [6, 6.07) is 0. The summed E-state index contributed by atoms with van der Waals surface area (Å²) in [5.74, 6) is -12.3. The summed E-state index contributed by atoms with van der Waals surface area (Å²) in [6.45, 7) is 3.12. The van der Waals surface area contributed by atoms with Gasteiger partial charge in [0.15, 0.2) is 6.79 Å². The van der Waals surface area contributed by atoms with Crippen molar-refractivity contribution in [2.24, 2.45) is 17.8 Å². The van der Waals surface area contributed by atoms with Gasteiger partial charge in [-0.25, -0.2) is 0 Å². The zero-order chi connectivity index (χ0) is 20.6. The second-order valence-corrected chi connectivity index (χ2v) is 8.29. The lowest BCUT2D eigenvalue weighted by Crippen LogP contribution is -2.81. The summed E-state index contributed by atoms with van der Waals surface area (Å²) >= 11 is 0. The first kappa shape index (κ1) is 19.9. The van der Waals surface area contributed by atoms with E-state index in [-0.39, 0.29) is 18.8 Å². The van der Waals surface area contributed by atoms with Gasteiger partial charge in [0, 0.05) is 6.92 Å². The van der Waals surface area contributed by atoms with Crippen molar-refractivity contribution in [2.45, 2.75) is 68.1 Å². The molecule has 1 aliphatic heterocycles. The average Bonchev–Trinajstić information content (AvgIpc) is 2.53. The van der Waals surface area contributed by atoms with Crippen LogP contribution in [0.2, 0.25) is 0 Å². The van der Waals surface area contributed by atoms with Crippen molar-refractivity contribution in [3.63, 3.8) is 0 Å². The van der Waals surface area contributed by atoms with Crippen LogP contribution < -0.4 is 0 Å². The standard InChI is InChI=1S/C18H21F5O5/c1-3-25-14-6-11-4-12(7-14)15(13(5-11)8-14)16(19,20)17(18(21,22)23,27-9-26-15)28-10(2)24/h3,11-13H,1,4-9H2,2H3. The Kier molecular flexibility index (Phi) is 4.12. The zero-order valence-electron chi connectivity index (χ0n) is 15.2. The lowest BCUT2D eigenvalue weighted by Gasteiger charge is -2.67. The molecule has 3 unspecified atom stereocenters. The largest absolute Gasteiger partial charge is 0.495 e. The van der Waals surface area contributed by atoms with Crippen molar-refractivity contribution >= 4 is 5.97 Å². The fourth-order valence-electron chi connectivity index (χ4n) is 6.23. The molecule has 1 spiro atoms. The second-order valence-electron chi connectivity index (χ2n) is 8.29. The highest BCUT2D eigenvalue weighted by molar-refractivity contribution is 5.66. The minimum absolute atomic E-state index is 0.0549. The van der Waals surface area contributed by atoms with Crippen LogP contribution >= 0.6 is 0 Å². The fraction of sp³-hybridized carbons (Fsp3) is 0.833. The molecule has 28 heavy (non-hydrogen) atoms. The summed E-state index contributed by atoms with van der Waals surface area (Å²) < 4.78 is 92.8. The number of hydrogen-bond donors (Lipinski definition) is 0. The average molecular weight is 412 g/mol. The molecule has 4 bridgehead atoms. The molecule has 1 heterocycles. The predicted octanol–water partition coefficient (Wildman–Crippen LogP) is 3.93. The van der Waals surface area contributed by atoms with Crippen molar-refractivity contribution < 1.29 is 45.7 Å². The predicted molar refractivity (Wildman–Crippen MR) is 82.8 cm³/mol. The lowest BCUT2D eigenvalue weighted by atomic mass is 9.46. The molecule has 5 aliphatic rings. The first-order valence-electron chi connectivity index (χ1n) is 9.14. The lowest BCUT2D eigenvalue weighted by molar-refractivity contribution is -0.519. The molecule has 5 nitrogen and oxygen atoms in total. The molecule has 4 aliphatic carbocycles. The third kappa shape index (κ3) is 2.27. The van der Waals surface area contributed by atoms with Gasteiger partial charge in [0.2, 0.25) is 0 Å². The SMILES string of the molecule is C=COC12CC3CC(C1)C1(OCOC(OC(C)=O)(C(F)(F)F)C1(F)F)C(C3)C2. The van der Waals surface area contributed by atoms with Crippen LogP contribution in [0.5, 0.6) is 0 Å². The summed E-state index contributed by atoms with van der Waals surface area (Å²) in [5.41, 5.74) is -3.16. The third-order valence-electron chi connectivity index (χ3n) is 6.80. The molecular formula is C18H21F5O5. The van der Waals surface area contributed by atoms with Gasteiger partial charge in [-0.05, 0) is 49.9 Å². The number of alkyl halides is 5. The topological polar surface area (TPSA) is 54.0 Å². The molecule has 5 fully saturated rings. The van der Waals surface area contributed by atoms with Crippen molar-refractivity contribution in [3.8, 4) is 0 Å². The Hall–Kier alpha value is -1.42. The van der Waals surface area contributed by atoms with Gasteiger partial charge in [0.25, 0.3) is 0 Å². The maximum atomic E-state index is 15.8. The van der Waals surface area contributed by atoms with Crippen molar-refractivity contribution in [3.05, 3.63) is 12.8 Å². The number of halogens is 5. The van der Waals surface area contributed by atoms with Crippen LogP contribution in [0, 0.1) is 17.8 Å². The molecule has 10 heteroatoms. The molecule has 4 saturated carbocycles. The maximum absolute atomic E-state index is 15.8. The molecule has 0 N–H and O–H groups in total. The molecule has 3 atom stereocenters. The van der Waals surface area contributed by atoms with Crippen molar-refractivity contribution in [2.75, 3.05) is 6.79 Å². The number of carbonyl (C=O) groups excluding carboxylic acids is 1. The van der Waals surface area contributed by atoms with Gasteiger partial charge in [-0.15, -0.1) is 0 Å². The number of hydrogen-bond acceptors (Lipinski definition) is 5. The molecule has 0 aromatic carbocycles. The van der Waals surface area contributed by atoms with E-state index in [9.17, 15) is 18.0 Å². The summed E-state index contributed by atoms with van der Waals surface area (Å²) in [5, 5.41) is 0. The van der Waals surface area contributed by atoms with Crippen LogP contribution in [-0.4, -0.2) is 41.9 Å². The summed E-state index contributed by atoms with van der Waals surface area (Å²) in [6.07, 6.45) is -2.92. The normalized spacial score (nSPS) is 46.4. The maximum Gasteiger partial charge on any atom is 0.462 e. The van der Waals surface area contributed by atoms with Gasteiger partial charge in [-0.1, -0.05) is 6.58 Å². The first-order valence-corrected chi connectivity index (χ1v) is 9.14. The Bertz CT molecular complexity index is 676. The van der Waals surface area contributed by atoms with Gasteiger partial charge in [0.1, 0.15) is 11.2 Å². The fourth-order valence-corrected chi connectivity index (χ4v) is 6.23. The van der Waals surface area contributed by atoms with Crippen LogP contribution in [0.4, 0.5) is 22.0 Å². The van der Waals surface area contributed by atoms with E-state index in [1.807, 2.05) is 0 Å². The molecule has 1 saturated heterocycles. The Morgan fingerprint density at radius 1 is 1.14 bits per heavy atom. The molecule has 0 radical (unpaired) electrons. The molecule has 0 amide bonds. The van der Waals surface area contributed by atoms with Crippen LogP contribution in [0.15, 0.2) is 12.8 Å². The highest BCUT2D eigenvalue weighted by Gasteiger charge is 2.87. The van der Waals surface area contributed by atoms with Crippen molar-refractivity contribution in [1.82, 2.24) is 0 Å². The van der Waals surface area contributed by atoms with E-state index in [2.05, 4.69) is 16.1 Å². The quantitative estimate of drug-likeness (QED) is 0.400. The number of esters is 1. The number of rotatable bonds is 3. The van der Waals surface area contributed by atoms with Crippen LogP contribution in [0.25, 0.3) is 0 Å². The van der Waals surface area contributed by atoms with Gasteiger partial charge in [-0.2, -0.15) is 22.0 Å². The smallest absolute Gasteiger partial charge is 0.462 e. The Morgan fingerprint density at radius 3 is 2.25 bits per heavy atom. The van der Waals surface area contributed by atoms with E-state index in [0.29, 0.717) is 26.2 Å². The minimum Gasteiger partial charge on any atom is -0.495 e. The Balaban J connectivity index is 1.82. The van der Waals surface area contributed by atoms with Crippen LogP contribution in [-0.2, 0) is 23.7 Å². The first-order chi connectivity index (χ1) is 12.9. The van der Waals surface area contributed by atoms with E-state index in [4.69, 9.17) is 9.47 Å². The Labute approximate surface area is 158 Å². The minimum atomic E-state index is -5.65. The Morgan fingerprint density at radius 2 is 1.75 bits per heavy atom. The molecule has 0 aromatic heterocycles. The van der Waals surface area contributed by atoms with Gasteiger partial charge < -0.3 is 18.9 Å². The molecule has 5 rings (SSSR count). The molecule has 0 aromatic rings. The zero-order valence-corrected chi connectivity index (χ0v) is 15.2. The van der Waals surface area contributed by atoms with Gasteiger partial charge in [0.05, 0.1) is 6.26 Å². The second kappa shape index (κ2) is 5.81. The van der Waals surface area contributed by atoms with E-state index in [1.165, 1.54) is 6.26 Å². The van der Waals surface area contributed by atoms with Crippen LogP contribution in [0.3, 0.4) is 0 Å². The van der Waals surface area contributed by atoms with Crippen molar-refractivity contribution in [1.29, 1.82) is 0 Å². The molecule has 158 valence electrons. The third-order valence-corrected chi connectivity index (χ3v) is 6.80. The van der Waals surface area contributed by atoms with E-state index >= 15 is 8.78 Å². The highest BCUT2D eigenvalue weighted by atomic mass is 19.4. The van der Waals surface area contributed by atoms with E-state index < -0.39 is 53.7 Å². The highest BCUT2D eigenvalue weighted by Crippen LogP contribution is 2.69. The number of carbonyl (C=O) groups is 1. The molecular weight excluding hydrogens is 391 g/mol.